The molecule has 0 aromatic carbocycles. The number of nitrogens with one attached hydrogen (secondary N) is 2. The summed E-state index contributed by atoms with van der Waals surface area (Å²) in [7, 11) is 0. The Morgan fingerprint density at radius 2 is 1.93 bits per heavy atom. The van der Waals surface area contributed by atoms with Crippen molar-refractivity contribution in [1.29, 1.82) is 0 Å². The first-order valence-electron chi connectivity index (χ1n) is 8.09. The number of amides is 1. The van der Waals surface area contributed by atoms with Gasteiger partial charge in [-0.3, -0.25) is 14.0 Å². The van der Waals surface area contributed by atoms with Crippen molar-refractivity contribution in [3.8, 4) is 0 Å². The van der Waals surface area contributed by atoms with E-state index in [1.165, 1.54) is 0 Å². The number of aromatic nitrogens is 3. The first-order valence-corrected chi connectivity index (χ1v) is 8.09. The Hall–Kier alpha value is -2.72. The molecule has 0 aliphatic heterocycles. The van der Waals surface area contributed by atoms with Crippen molar-refractivity contribution in [2.24, 2.45) is 0 Å². The minimum Gasteiger partial charge on any atom is -0.351 e. The molecule has 0 radical (unpaired) electrons. The maximum atomic E-state index is 12.8. The molecule has 0 unspecified atom stereocenters. The number of H-pyrrole nitrogens is 1. The Balaban J connectivity index is 1.60. The van der Waals surface area contributed by atoms with E-state index in [0.29, 0.717) is 35.3 Å². The molecular formula is C16H15F5N4O2. The highest BCUT2D eigenvalue weighted by atomic mass is 19.4. The Labute approximate surface area is 148 Å². The predicted molar refractivity (Wildman–Crippen MR) is 86.2 cm³/mol. The average Bonchev–Trinajstić information content (AvgIpc) is 3.09. The number of unbranched alkanes of at least 4 members (excludes halogenated alkanes) is 1. The summed E-state index contributed by atoms with van der Waals surface area (Å²) in [5, 5.41) is 1.61. The summed E-state index contributed by atoms with van der Waals surface area (Å²) >= 11 is 0. The normalized spacial score (nSPS) is 13.0. The Morgan fingerprint density at radius 1 is 1.22 bits per heavy atom. The molecule has 0 fully saturated rings. The number of alkyl halides is 5. The van der Waals surface area contributed by atoms with Gasteiger partial charge in [0.05, 0.1) is 5.69 Å². The van der Waals surface area contributed by atoms with E-state index in [1.807, 2.05) is 0 Å². The number of nitrogens with zero attached hydrogens (tertiary/aromatic N) is 2. The summed E-state index contributed by atoms with van der Waals surface area (Å²) in [6.45, 7) is 1.40. The van der Waals surface area contributed by atoms with Gasteiger partial charge in [0, 0.05) is 6.54 Å². The van der Waals surface area contributed by atoms with Crippen molar-refractivity contribution < 1.29 is 26.7 Å². The zero-order valence-electron chi connectivity index (χ0n) is 14.1. The zero-order chi connectivity index (χ0) is 20.0. The largest absolute Gasteiger partial charge is 0.463 e. The number of aryl methyl sites for hydroxylation is 2. The first-order chi connectivity index (χ1) is 12.5. The maximum Gasteiger partial charge on any atom is 0.463 e. The van der Waals surface area contributed by atoms with E-state index < -0.39 is 18.0 Å². The van der Waals surface area contributed by atoms with Gasteiger partial charge in [-0.15, -0.1) is 0 Å². The molecule has 3 aromatic rings. The molecule has 0 spiro atoms. The highest BCUT2D eigenvalue weighted by Gasteiger charge is 2.63. The lowest BCUT2D eigenvalue weighted by atomic mass is 10.1. The Morgan fingerprint density at radius 3 is 2.59 bits per heavy atom. The SMILES string of the molecule is Cc1nc2c(CCCCNC(=O)C(F)(F)C(F)(F)F)ccc3[nH]c(=O)c1n32. The van der Waals surface area contributed by atoms with Gasteiger partial charge in [-0.1, -0.05) is 6.07 Å². The highest BCUT2D eigenvalue weighted by molar-refractivity contribution is 5.84. The fourth-order valence-corrected chi connectivity index (χ4v) is 2.92. The van der Waals surface area contributed by atoms with Gasteiger partial charge in [-0.05, 0) is 37.8 Å². The van der Waals surface area contributed by atoms with Gasteiger partial charge in [0.2, 0.25) is 0 Å². The van der Waals surface area contributed by atoms with Crippen LogP contribution in [0.25, 0.3) is 16.8 Å². The van der Waals surface area contributed by atoms with Crippen LogP contribution >= 0.6 is 0 Å². The fourth-order valence-electron chi connectivity index (χ4n) is 2.92. The zero-order valence-corrected chi connectivity index (χ0v) is 14.1. The molecule has 6 nitrogen and oxygen atoms in total. The summed E-state index contributed by atoms with van der Waals surface area (Å²) in [4.78, 5) is 30.0. The van der Waals surface area contributed by atoms with Crippen LogP contribution in [0.3, 0.4) is 0 Å². The van der Waals surface area contributed by atoms with Crippen LogP contribution in [-0.4, -0.2) is 38.9 Å². The van der Waals surface area contributed by atoms with Crippen LogP contribution < -0.4 is 10.9 Å². The van der Waals surface area contributed by atoms with Crippen molar-refractivity contribution >= 4 is 22.7 Å². The number of carbonyl (C=O) groups is 1. The van der Waals surface area contributed by atoms with Crippen LogP contribution in [0.5, 0.6) is 0 Å². The maximum absolute atomic E-state index is 12.8. The molecule has 1 amide bonds. The summed E-state index contributed by atoms with van der Waals surface area (Å²) in [6.07, 6.45) is -4.83. The average molecular weight is 390 g/mol. The van der Waals surface area contributed by atoms with Crippen LogP contribution in [0.2, 0.25) is 0 Å². The van der Waals surface area contributed by atoms with E-state index in [2.05, 4.69) is 9.97 Å². The van der Waals surface area contributed by atoms with E-state index in [4.69, 9.17) is 0 Å². The number of aromatic amines is 1. The summed E-state index contributed by atoms with van der Waals surface area (Å²) in [6, 6.07) is 3.48. The van der Waals surface area contributed by atoms with Gasteiger partial charge in [0.1, 0.15) is 16.8 Å². The standard InChI is InChI=1S/C16H15F5N4O2/c1-8-11-13(26)24-10-6-5-9(12(23-8)25(10)11)4-2-3-7-22-14(27)15(17,18)16(19,20)21/h5-6H,2-4,7H2,1H3,(H,22,27)(H,24,26). The summed E-state index contributed by atoms with van der Waals surface area (Å²) in [5.41, 5.74) is 2.75. The van der Waals surface area contributed by atoms with E-state index in [1.54, 1.807) is 28.8 Å². The lowest BCUT2D eigenvalue weighted by Gasteiger charge is -2.18. The van der Waals surface area contributed by atoms with Gasteiger partial charge in [0.15, 0.2) is 0 Å². The van der Waals surface area contributed by atoms with Crippen molar-refractivity contribution in [3.63, 3.8) is 0 Å². The molecule has 0 aliphatic carbocycles. The van der Waals surface area contributed by atoms with Crippen LogP contribution in [0.1, 0.15) is 24.1 Å². The lowest BCUT2D eigenvalue weighted by Crippen LogP contribution is -2.50. The van der Waals surface area contributed by atoms with E-state index in [-0.39, 0.29) is 18.5 Å². The number of halogens is 5. The van der Waals surface area contributed by atoms with Crippen LogP contribution in [0.4, 0.5) is 22.0 Å². The minimum absolute atomic E-state index is 0.206. The second kappa shape index (κ2) is 6.46. The molecule has 11 heteroatoms. The third kappa shape index (κ3) is 3.21. The molecule has 0 saturated carbocycles. The number of rotatable bonds is 6. The van der Waals surface area contributed by atoms with Gasteiger partial charge < -0.3 is 10.3 Å². The van der Waals surface area contributed by atoms with E-state index >= 15 is 0 Å². The number of carbonyl (C=O) groups excluding carboxylic acids is 1. The second-order valence-electron chi connectivity index (χ2n) is 6.19. The molecule has 2 N–H and O–H groups in total. The number of hydrogen-bond acceptors (Lipinski definition) is 3. The van der Waals surface area contributed by atoms with Crippen LogP contribution in [0.15, 0.2) is 16.9 Å². The van der Waals surface area contributed by atoms with Gasteiger partial charge in [-0.25, -0.2) is 4.98 Å². The van der Waals surface area contributed by atoms with Gasteiger partial charge in [0.25, 0.3) is 11.5 Å². The number of imidazole rings is 2. The predicted octanol–water partition coefficient (Wildman–Crippen LogP) is 2.56. The lowest BCUT2D eigenvalue weighted by molar-refractivity contribution is -0.269. The Kier molecular flexibility index (Phi) is 4.56. The van der Waals surface area contributed by atoms with Crippen molar-refractivity contribution in [1.82, 2.24) is 19.7 Å². The minimum atomic E-state index is -5.92. The molecule has 0 saturated heterocycles. The monoisotopic (exact) mass is 390 g/mol. The van der Waals surface area contributed by atoms with E-state index in [0.717, 1.165) is 5.56 Å². The fraction of sp³-hybridized carbons (Fsp3) is 0.438. The second-order valence-corrected chi connectivity index (χ2v) is 6.19. The summed E-state index contributed by atoms with van der Waals surface area (Å²) in [5.74, 6) is -7.76. The molecule has 3 aromatic heterocycles. The molecule has 0 bridgehead atoms. The third-order valence-electron chi connectivity index (χ3n) is 4.28. The number of hydrogen-bond donors (Lipinski definition) is 2. The third-order valence-corrected chi connectivity index (χ3v) is 4.28. The topological polar surface area (TPSA) is 79.3 Å². The van der Waals surface area contributed by atoms with Gasteiger partial charge in [-0.2, -0.15) is 22.0 Å². The molecule has 27 heavy (non-hydrogen) atoms. The molecule has 146 valence electrons. The van der Waals surface area contributed by atoms with Crippen molar-refractivity contribution in [2.45, 2.75) is 38.3 Å². The molecular weight excluding hydrogens is 375 g/mol. The molecule has 3 rings (SSSR count). The van der Waals surface area contributed by atoms with Crippen LogP contribution in [-0.2, 0) is 11.2 Å². The Bertz CT molecular complexity index is 1040. The first kappa shape index (κ1) is 19.1. The highest BCUT2D eigenvalue weighted by Crippen LogP contribution is 2.35. The molecule has 0 atom stereocenters. The smallest absolute Gasteiger partial charge is 0.351 e. The van der Waals surface area contributed by atoms with E-state index in [9.17, 15) is 31.5 Å². The summed E-state index contributed by atoms with van der Waals surface area (Å²) < 4.78 is 63.5. The number of pyridine rings is 1. The van der Waals surface area contributed by atoms with Gasteiger partial charge >= 0.3 is 12.1 Å². The molecule has 3 heterocycles. The van der Waals surface area contributed by atoms with Crippen LogP contribution in [0, 0.1) is 6.92 Å². The molecule has 0 aliphatic rings. The quantitative estimate of drug-likeness (QED) is 0.502. The van der Waals surface area contributed by atoms with Crippen molar-refractivity contribution in [2.75, 3.05) is 6.54 Å². The van der Waals surface area contributed by atoms with Crippen molar-refractivity contribution in [3.05, 3.63) is 33.7 Å².